The summed E-state index contributed by atoms with van der Waals surface area (Å²) in [7, 11) is 4.30. The third-order valence-electron chi connectivity index (χ3n) is 1.18. The molecule has 10 heavy (non-hydrogen) atoms. The van der Waals surface area contributed by atoms with E-state index in [0.29, 0.717) is 0 Å². The molecule has 0 atom stereocenters. The van der Waals surface area contributed by atoms with Crippen molar-refractivity contribution in [2.45, 2.75) is 13.3 Å². The largest absolute Gasteiger partial charge is 0.340 e. The molecule has 0 aliphatic carbocycles. The van der Waals surface area contributed by atoms with Crippen LogP contribution in [0, 0.1) is 0 Å². The molecule has 3 heteroatoms. The van der Waals surface area contributed by atoms with Crippen molar-refractivity contribution >= 4 is 0 Å². The summed E-state index contributed by atoms with van der Waals surface area (Å²) in [6, 6.07) is 0. The van der Waals surface area contributed by atoms with Crippen LogP contribution in [0.2, 0.25) is 0 Å². The van der Waals surface area contributed by atoms with Crippen LogP contribution in [-0.2, 0) is 0 Å². The van der Waals surface area contributed by atoms with Crippen molar-refractivity contribution in [1.29, 1.82) is 0 Å². The summed E-state index contributed by atoms with van der Waals surface area (Å²) < 4.78 is 0. The maximum Gasteiger partial charge on any atom is 0.0785 e. The van der Waals surface area contributed by atoms with E-state index in [1.54, 1.807) is 0 Å². The van der Waals surface area contributed by atoms with Crippen LogP contribution in [0.25, 0.3) is 0 Å². The van der Waals surface area contributed by atoms with Gasteiger partial charge in [0.15, 0.2) is 0 Å². The Kier molecular flexibility index (Phi) is 6.38. The van der Waals surface area contributed by atoms with Gasteiger partial charge in [0.1, 0.15) is 0 Å². The average molecular weight is 144 g/mol. The Hall–Kier alpha value is -0.440. The van der Waals surface area contributed by atoms with Crippen LogP contribution >= 0.6 is 0 Å². The molecule has 3 nitrogen and oxygen atoms in total. The van der Waals surface area contributed by atoms with E-state index in [4.69, 9.17) is 0 Å². The number of hydrogen-bond donors (Lipinski definition) is 1. The Balaban J connectivity index is 2.97. The van der Waals surface area contributed by atoms with Crippen LogP contribution in [0.3, 0.4) is 0 Å². The van der Waals surface area contributed by atoms with E-state index < -0.39 is 0 Å². The number of rotatable bonds is 5. The fourth-order valence-corrected chi connectivity index (χ4v) is 0.674. The van der Waals surface area contributed by atoms with E-state index in [1.807, 2.05) is 6.92 Å². The Morgan fingerprint density at radius 1 is 1.20 bits per heavy atom. The lowest BCUT2D eigenvalue weighted by molar-refractivity contribution is -0.858. The minimum absolute atomic E-state index is 0.814. The zero-order valence-electron chi connectivity index (χ0n) is 7.22. The first-order valence-corrected chi connectivity index (χ1v) is 3.89. The molecule has 0 aromatic carbocycles. The number of nitrogens with zero attached hydrogens (tertiary/aromatic N) is 2. The summed E-state index contributed by atoms with van der Waals surface area (Å²) in [6.45, 7) is 4.89. The van der Waals surface area contributed by atoms with E-state index in [2.05, 4.69) is 24.3 Å². The molecule has 0 saturated carbocycles. The molecule has 0 aliphatic heterocycles. The second kappa shape index (κ2) is 6.68. The molecule has 0 aromatic heterocycles. The summed E-state index contributed by atoms with van der Waals surface area (Å²) in [4.78, 5) is 1.48. The van der Waals surface area contributed by atoms with Crippen LogP contribution in [0.4, 0.5) is 0 Å². The summed E-state index contributed by atoms with van der Waals surface area (Å²) in [6.07, 6.45) is 1.14. The first kappa shape index (κ1) is 9.56. The molecule has 60 valence electrons. The Bertz CT molecular complexity index is 88.9. The van der Waals surface area contributed by atoms with E-state index in [9.17, 15) is 0 Å². The fraction of sp³-hybridized carbons (Fsp3) is 1.00. The SMILES string of the molecule is CCN=NCCC[NH+](C)C. The topological polar surface area (TPSA) is 29.2 Å². The summed E-state index contributed by atoms with van der Waals surface area (Å²) in [5.41, 5.74) is 0. The van der Waals surface area contributed by atoms with Crippen LogP contribution in [0.15, 0.2) is 10.2 Å². The second-order valence-electron chi connectivity index (χ2n) is 2.63. The van der Waals surface area contributed by atoms with E-state index in [-0.39, 0.29) is 0 Å². The molecule has 0 heterocycles. The van der Waals surface area contributed by atoms with Gasteiger partial charge in [-0.05, 0) is 6.92 Å². The second-order valence-corrected chi connectivity index (χ2v) is 2.63. The molecule has 0 bridgehead atoms. The van der Waals surface area contributed by atoms with Gasteiger partial charge in [-0.1, -0.05) is 0 Å². The van der Waals surface area contributed by atoms with Gasteiger partial charge in [0.2, 0.25) is 0 Å². The van der Waals surface area contributed by atoms with Crippen molar-refractivity contribution in [2.24, 2.45) is 10.2 Å². The van der Waals surface area contributed by atoms with E-state index in [1.165, 1.54) is 11.4 Å². The van der Waals surface area contributed by atoms with Gasteiger partial charge in [-0.25, -0.2) is 0 Å². The van der Waals surface area contributed by atoms with Crippen molar-refractivity contribution in [3.63, 3.8) is 0 Å². The van der Waals surface area contributed by atoms with Crippen LogP contribution in [0.5, 0.6) is 0 Å². The molecule has 0 rings (SSSR count). The molecule has 0 spiro atoms. The predicted octanol–water partition coefficient (Wildman–Crippen LogP) is -0.00690. The minimum atomic E-state index is 0.814. The standard InChI is InChI=1S/C7H17N3/c1-4-8-9-6-5-7-10(2)3/h4-7H2,1-3H3/p+1. The molecule has 0 saturated heterocycles. The van der Waals surface area contributed by atoms with Gasteiger partial charge in [0.25, 0.3) is 0 Å². The van der Waals surface area contributed by atoms with Crippen LogP contribution in [0.1, 0.15) is 13.3 Å². The minimum Gasteiger partial charge on any atom is -0.340 e. The highest BCUT2D eigenvalue weighted by Gasteiger charge is 1.90. The quantitative estimate of drug-likeness (QED) is 0.415. The maximum atomic E-state index is 3.97. The van der Waals surface area contributed by atoms with Crippen molar-refractivity contribution < 1.29 is 4.90 Å². The summed E-state index contributed by atoms with van der Waals surface area (Å²) >= 11 is 0. The molecule has 0 fully saturated rings. The van der Waals surface area contributed by atoms with Crippen molar-refractivity contribution in [3.8, 4) is 0 Å². The number of azo groups is 1. The van der Waals surface area contributed by atoms with Gasteiger partial charge in [0.05, 0.1) is 33.7 Å². The summed E-state index contributed by atoms with van der Waals surface area (Å²) in [5.74, 6) is 0. The van der Waals surface area contributed by atoms with E-state index >= 15 is 0 Å². The highest BCUT2D eigenvalue weighted by atomic mass is 15.1. The third-order valence-corrected chi connectivity index (χ3v) is 1.18. The molecule has 1 N–H and O–H groups in total. The molecular weight excluding hydrogens is 126 g/mol. The lowest BCUT2D eigenvalue weighted by atomic mass is 10.4. The van der Waals surface area contributed by atoms with Gasteiger partial charge in [0, 0.05) is 6.42 Å². The smallest absolute Gasteiger partial charge is 0.0785 e. The zero-order chi connectivity index (χ0) is 7.82. The van der Waals surface area contributed by atoms with Crippen LogP contribution in [-0.4, -0.2) is 33.7 Å². The lowest BCUT2D eigenvalue weighted by Gasteiger charge is -2.03. The third kappa shape index (κ3) is 7.56. The van der Waals surface area contributed by atoms with Gasteiger partial charge in [-0.2, -0.15) is 10.2 Å². The van der Waals surface area contributed by atoms with Crippen LogP contribution < -0.4 is 4.90 Å². The van der Waals surface area contributed by atoms with Gasteiger partial charge < -0.3 is 4.90 Å². The molecule has 0 radical (unpaired) electrons. The van der Waals surface area contributed by atoms with Gasteiger partial charge >= 0.3 is 0 Å². The number of quaternary nitrogens is 1. The highest BCUT2D eigenvalue weighted by molar-refractivity contribution is 4.37. The molecule has 0 aliphatic rings. The normalized spacial score (nSPS) is 11.6. The molecule has 0 aromatic rings. The van der Waals surface area contributed by atoms with E-state index in [0.717, 1.165) is 19.5 Å². The summed E-state index contributed by atoms with van der Waals surface area (Å²) in [5, 5.41) is 7.86. The van der Waals surface area contributed by atoms with Gasteiger partial charge in [-0.15, -0.1) is 0 Å². The monoisotopic (exact) mass is 144 g/mol. The van der Waals surface area contributed by atoms with Crippen molar-refractivity contribution in [2.75, 3.05) is 33.7 Å². The van der Waals surface area contributed by atoms with Crippen molar-refractivity contribution in [3.05, 3.63) is 0 Å². The average Bonchev–Trinajstić information content (AvgIpc) is 1.87. The fourth-order valence-electron chi connectivity index (χ4n) is 0.674. The number of hydrogen-bond acceptors (Lipinski definition) is 2. The number of nitrogens with one attached hydrogen (secondary N) is 1. The molecule has 0 unspecified atom stereocenters. The molecule has 0 amide bonds. The zero-order valence-corrected chi connectivity index (χ0v) is 7.22. The molecular formula is C7H18N3+. The Morgan fingerprint density at radius 2 is 1.90 bits per heavy atom. The predicted molar refractivity (Wildman–Crippen MR) is 42.6 cm³/mol. The Labute approximate surface area is 63.1 Å². The Morgan fingerprint density at radius 3 is 2.40 bits per heavy atom. The first-order valence-electron chi connectivity index (χ1n) is 3.89. The first-order chi connectivity index (χ1) is 4.77. The van der Waals surface area contributed by atoms with Gasteiger partial charge in [-0.3, -0.25) is 0 Å². The van der Waals surface area contributed by atoms with Crippen molar-refractivity contribution in [1.82, 2.24) is 0 Å². The maximum absolute atomic E-state index is 3.97. The lowest BCUT2D eigenvalue weighted by Crippen LogP contribution is -3.05. The highest BCUT2D eigenvalue weighted by Crippen LogP contribution is 1.78.